The molecule has 0 saturated heterocycles. The highest BCUT2D eigenvalue weighted by molar-refractivity contribution is 5.85. The predicted molar refractivity (Wildman–Crippen MR) is 88.0 cm³/mol. The molecule has 0 radical (unpaired) electrons. The van der Waals surface area contributed by atoms with Crippen LogP contribution in [0.5, 0.6) is 0 Å². The van der Waals surface area contributed by atoms with Gasteiger partial charge in [0.25, 0.3) is 0 Å². The number of hydrogen-bond donors (Lipinski definition) is 2. The lowest BCUT2D eigenvalue weighted by molar-refractivity contribution is 0.304. The highest BCUT2D eigenvalue weighted by atomic mass is 16.4. The number of benzene rings is 1. The summed E-state index contributed by atoms with van der Waals surface area (Å²) in [5.41, 5.74) is 8.36. The van der Waals surface area contributed by atoms with Gasteiger partial charge in [-0.3, -0.25) is 0 Å². The van der Waals surface area contributed by atoms with Gasteiger partial charge >= 0.3 is 0 Å². The van der Waals surface area contributed by atoms with Crippen LogP contribution in [-0.2, 0) is 6.42 Å². The van der Waals surface area contributed by atoms with Crippen molar-refractivity contribution < 1.29 is 5.21 Å². The standard InChI is InChI=1S/C17H27N3O/c1-17(2,16(18)19-21)11-7-13-20-12-6-5-9-14-8-3-4-10-15(14)20/h3-4,8,10,21H,5-7,9,11-13H2,1-2H3,(H2,18,19). The number of anilines is 1. The Bertz CT molecular complexity index is 497. The number of rotatable bonds is 5. The van der Waals surface area contributed by atoms with Crippen molar-refractivity contribution >= 4 is 11.5 Å². The summed E-state index contributed by atoms with van der Waals surface area (Å²) in [6, 6.07) is 8.73. The van der Waals surface area contributed by atoms with E-state index in [4.69, 9.17) is 10.9 Å². The topological polar surface area (TPSA) is 61.8 Å². The minimum Gasteiger partial charge on any atom is -0.409 e. The molecule has 116 valence electrons. The van der Waals surface area contributed by atoms with E-state index in [0.29, 0.717) is 5.84 Å². The van der Waals surface area contributed by atoms with E-state index >= 15 is 0 Å². The molecule has 1 heterocycles. The van der Waals surface area contributed by atoms with E-state index in [1.165, 1.54) is 30.5 Å². The first kappa shape index (κ1) is 15.7. The monoisotopic (exact) mass is 289 g/mol. The Hall–Kier alpha value is -1.71. The van der Waals surface area contributed by atoms with Gasteiger partial charge in [0, 0.05) is 24.2 Å². The summed E-state index contributed by atoms with van der Waals surface area (Å²) in [7, 11) is 0. The summed E-state index contributed by atoms with van der Waals surface area (Å²) in [6.07, 6.45) is 5.66. The molecule has 0 aromatic heterocycles. The fourth-order valence-electron chi connectivity index (χ4n) is 2.98. The van der Waals surface area contributed by atoms with E-state index in [2.05, 4.69) is 34.3 Å². The SMILES string of the molecule is CC(C)(CCCN1CCCCc2ccccc21)C(N)=NO. The van der Waals surface area contributed by atoms with Gasteiger partial charge in [0.2, 0.25) is 0 Å². The van der Waals surface area contributed by atoms with Crippen molar-refractivity contribution in [3.8, 4) is 0 Å². The number of amidine groups is 1. The first-order chi connectivity index (χ1) is 10.0. The van der Waals surface area contributed by atoms with Gasteiger partial charge in [-0.05, 0) is 43.7 Å². The number of oxime groups is 1. The number of para-hydroxylation sites is 1. The summed E-state index contributed by atoms with van der Waals surface area (Å²) < 4.78 is 0. The molecule has 0 saturated carbocycles. The Labute approximate surface area is 127 Å². The van der Waals surface area contributed by atoms with Crippen LogP contribution in [-0.4, -0.2) is 24.1 Å². The van der Waals surface area contributed by atoms with Crippen LogP contribution in [0.1, 0.15) is 45.1 Å². The van der Waals surface area contributed by atoms with Gasteiger partial charge in [-0.1, -0.05) is 37.2 Å². The van der Waals surface area contributed by atoms with E-state index < -0.39 is 0 Å². The number of nitrogens with zero attached hydrogens (tertiary/aromatic N) is 2. The van der Waals surface area contributed by atoms with Crippen LogP contribution in [0.4, 0.5) is 5.69 Å². The first-order valence-electron chi connectivity index (χ1n) is 7.85. The molecule has 0 aliphatic carbocycles. The van der Waals surface area contributed by atoms with Crippen LogP contribution in [0, 0.1) is 5.41 Å². The molecule has 0 fully saturated rings. The average molecular weight is 289 g/mol. The lowest BCUT2D eigenvalue weighted by atomic mass is 9.86. The summed E-state index contributed by atoms with van der Waals surface area (Å²) in [4.78, 5) is 2.49. The third-order valence-electron chi connectivity index (χ3n) is 4.49. The third kappa shape index (κ3) is 3.90. The Morgan fingerprint density at radius 3 is 2.86 bits per heavy atom. The zero-order chi connectivity index (χ0) is 15.3. The van der Waals surface area contributed by atoms with E-state index in [1.54, 1.807) is 0 Å². The van der Waals surface area contributed by atoms with E-state index in [9.17, 15) is 0 Å². The molecule has 1 aromatic carbocycles. The molecule has 1 aliphatic rings. The summed E-state index contributed by atoms with van der Waals surface area (Å²) in [5, 5.41) is 12.0. The lowest BCUT2D eigenvalue weighted by Gasteiger charge is -2.28. The van der Waals surface area contributed by atoms with Gasteiger partial charge in [-0.25, -0.2) is 0 Å². The summed E-state index contributed by atoms with van der Waals surface area (Å²) in [5.74, 6) is 0.318. The largest absolute Gasteiger partial charge is 0.409 e. The van der Waals surface area contributed by atoms with Crippen molar-refractivity contribution in [2.45, 2.75) is 46.0 Å². The molecule has 0 bridgehead atoms. The lowest BCUT2D eigenvalue weighted by Crippen LogP contribution is -2.33. The Kier molecular flexibility index (Phi) is 5.10. The van der Waals surface area contributed by atoms with Crippen molar-refractivity contribution in [2.75, 3.05) is 18.0 Å². The van der Waals surface area contributed by atoms with Crippen LogP contribution >= 0.6 is 0 Å². The van der Waals surface area contributed by atoms with Gasteiger partial charge in [0.1, 0.15) is 5.84 Å². The van der Waals surface area contributed by atoms with Crippen molar-refractivity contribution in [1.82, 2.24) is 0 Å². The second-order valence-electron chi connectivity index (χ2n) is 6.55. The molecule has 3 N–H and O–H groups in total. The van der Waals surface area contributed by atoms with E-state index in [0.717, 1.165) is 25.9 Å². The maximum atomic E-state index is 8.84. The maximum Gasteiger partial charge on any atom is 0.144 e. The molecule has 4 heteroatoms. The first-order valence-corrected chi connectivity index (χ1v) is 7.85. The zero-order valence-corrected chi connectivity index (χ0v) is 13.2. The Balaban J connectivity index is 1.97. The normalized spacial score (nSPS) is 16.5. The number of aryl methyl sites for hydroxylation is 1. The molecule has 2 rings (SSSR count). The quantitative estimate of drug-likeness (QED) is 0.378. The van der Waals surface area contributed by atoms with Gasteiger partial charge in [0.05, 0.1) is 0 Å². The molecule has 0 spiro atoms. The minimum atomic E-state index is -0.250. The predicted octanol–water partition coefficient (Wildman–Crippen LogP) is 3.38. The van der Waals surface area contributed by atoms with Gasteiger partial charge in [-0.2, -0.15) is 0 Å². The molecule has 4 nitrogen and oxygen atoms in total. The van der Waals surface area contributed by atoms with Gasteiger partial charge < -0.3 is 15.8 Å². The fourth-order valence-corrected chi connectivity index (χ4v) is 2.98. The van der Waals surface area contributed by atoms with Crippen LogP contribution < -0.4 is 10.6 Å². The zero-order valence-electron chi connectivity index (χ0n) is 13.2. The molecule has 1 aliphatic heterocycles. The average Bonchev–Trinajstić information content (AvgIpc) is 2.69. The molecule has 0 unspecified atom stereocenters. The summed E-state index contributed by atoms with van der Waals surface area (Å²) >= 11 is 0. The van der Waals surface area contributed by atoms with Gasteiger partial charge in [0.15, 0.2) is 0 Å². The smallest absolute Gasteiger partial charge is 0.144 e. The molecule has 0 amide bonds. The van der Waals surface area contributed by atoms with E-state index in [1.807, 2.05) is 13.8 Å². The Morgan fingerprint density at radius 2 is 2.10 bits per heavy atom. The van der Waals surface area contributed by atoms with Crippen LogP contribution in [0.3, 0.4) is 0 Å². The van der Waals surface area contributed by atoms with Crippen molar-refractivity contribution in [2.24, 2.45) is 16.3 Å². The van der Waals surface area contributed by atoms with Crippen LogP contribution in [0.2, 0.25) is 0 Å². The van der Waals surface area contributed by atoms with E-state index in [-0.39, 0.29) is 5.41 Å². The molecular formula is C17H27N3O. The summed E-state index contributed by atoms with van der Waals surface area (Å²) in [6.45, 7) is 6.21. The third-order valence-corrected chi connectivity index (χ3v) is 4.49. The molecule has 1 aromatic rings. The minimum absolute atomic E-state index is 0.250. The maximum absolute atomic E-state index is 8.84. The number of nitrogens with two attached hydrogens (primary N) is 1. The van der Waals surface area contributed by atoms with Crippen LogP contribution in [0.15, 0.2) is 29.4 Å². The highest BCUT2D eigenvalue weighted by Gasteiger charge is 2.24. The second-order valence-corrected chi connectivity index (χ2v) is 6.55. The second kappa shape index (κ2) is 6.83. The highest BCUT2D eigenvalue weighted by Crippen LogP contribution is 2.28. The molecule has 0 atom stereocenters. The number of fused-ring (bicyclic) bond motifs is 1. The van der Waals surface area contributed by atoms with Crippen LogP contribution in [0.25, 0.3) is 0 Å². The van der Waals surface area contributed by atoms with Crippen molar-refractivity contribution in [1.29, 1.82) is 0 Å². The van der Waals surface area contributed by atoms with Crippen molar-refractivity contribution in [3.05, 3.63) is 29.8 Å². The molecular weight excluding hydrogens is 262 g/mol. The van der Waals surface area contributed by atoms with Crippen molar-refractivity contribution in [3.63, 3.8) is 0 Å². The number of hydrogen-bond acceptors (Lipinski definition) is 3. The fraction of sp³-hybridized carbons (Fsp3) is 0.588. The molecule has 21 heavy (non-hydrogen) atoms. The van der Waals surface area contributed by atoms with Gasteiger partial charge in [-0.15, -0.1) is 0 Å². The Morgan fingerprint density at radius 1 is 1.33 bits per heavy atom.